The van der Waals surface area contributed by atoms with Gasteiger partial charge in [0, 0.05) is 38.6 Å². The Labute approximate surface area is 424 Å². The van der Waals surface area contributed by atoms with Crippen LogP contribution in [0.4, 0.5) is 0 Å². The van der Waals surface area contributed by atoms with E-state index in [0.29, 0.717) is 17.5 Å². The molecular weight excluding hydrogens is 885 g/mol. The standard InChI is InChI=1S/C69H46N4/c1-7-19-47(20-8-1)51-31-35-55(36-32-51)67-70-68(56-37-33-52(34-38-56)48-21-9-2-10-22-48)72-69(71-67)59-43-62(53-27-15-5-16-28-53)66(63(44-59)54-29-17-6-18-30-54)73-64-45-57(49-23-11-3-12-24-49)39-41-60(64)61-42-40-58(46-65(61)73)50-25-13-4-14-26-50/h1-46H. The van der Waals surface area contributed by atoms with Gasteiger partial charge < -0.3 is 4.57 Å². The van der Waals surface area contributed by atoms with Gasteiger partial charge in [-0.1, -0.05) is 255 Å². The molecule has 13 aromatic rings. The van der Waals surface area contributed by atoms with Gasteiger partial charge in [-0.2, -0.15) is 0 Å². The van der Waals surface area contributed by atoms with Crippen molar-refractivity contribution in [2.75, 3.05) is 0 Å². The number of hydrogen-bond acceptors (Lipinski definition) is 3. The number of nitrogens with zero attached hydrogens (tertiary/aromatic N) is 4. The molecule has 0 spiro atoms. The van der Waals surface area contributed by atoms with Crippen LogP contribution < -0.4 is 0 Å². The minimum atomic E-state index is 0.583. The second kappa shape index (κ2) is 18.9. The van der Waals surface area contributed by atoms with E-state index in [-0.39, 0.29) is 0 Å². The van der Waals surface area contributed by atoms with E-state index in [2.05, 4.69) is 271 Å². The van der Waals surface area contributed by atoms with E-state index in [0.717, 1.165) is 89.0 Å². The van der Waals surface area contributed by atoms with E-state index >= 15 is 0 Å². The molecule has 11 aromatic carbocycles. The zero-order valence-electron chi connectivity index (χ0n) is 39.8. The summed E-state index contributed by atoms with van der Waals surface area (Å²) in [4.78, 5) is 16.0. The number of hydrogen-bond donors (Lipinski definition) is 0. The molecule has 0 N–H and O–H groups in total. The quantitative estimate of drug-likeness (QED) is 0.137. The molecule has 0 atom stereocenters. The van der Waals surface area contributed by atoms with Gasteiger partial charge in [0.05, 0.1) is 16.7 Å². The van der Waals surface area contributed by atoms with Gasteiger partial charge in [0.2, 0.25) is 0 Å². The lowest BCUT2D eigenvalue weighted by molar-refractivity contribution is 1.07. The predicted octanol–water partition coefficient (Wildman–Crippen LogP) is 18.0. The molecule has 0 radical (unpaired) electrons. The summed E-state index contributed by atoms with van der Waals surface area (Å²) >= 11 is 0. The van der Waals surface area contributed by atoms with Crippen molar-refractivity contribution in [1.29, 1.82) is 0 Å². The summed E-state index contributed by atoms with van der Waals surface area (Å²) in [5.74, 6) is 1.78. The van der Waals surface area contributed by atoms with Crippen LogP contribution in [0.2, 0.25) is 0 Å². The fourth-order valence-corrected chi connectivity index (χ4v) is 10.2. The van der Waals surface area contributed by atoms with Crippen LogP contribution in [0.3, 0.4) is 0 Å². The first-order valence-electron chi connectivity index (χ1n) is 24.8. The number of rotatable bonds is 10. The molecule has 73 heavy (non-hydrogen) atoms. The molecule has 0 unspecified atom stereocenters. The first kappa shape index (κ1) is 43.3. The smallest absolute Gasteiger partial charge is 0.164 e. The normalized spacial score (nSPS) is 11.3. The average Bonchev–Trinajstić information content (AvgIpc) is 3.81. The second-order valence-corrected chi connectivity index (χ2v) is 18.4. The minimum absolute atomic E-state index is 0.583. The zero-order valence-corrected chi connectivity index (χ0v) is 39.8. The first-order valence-corrected chi connectivity index (χ1v) is 24.8. The van der Waals surface area contributed by atoms with Gasteiger partial charge in [0.15, 0.2) is 17.5 Å². The summed E-state index contributed by atoms with van der Waals surface area (Å²) in [6, 6.07) is 99.2. The average molecular weight is 931 g/mol. The van der Waals surface area contributed by atoms with Crippen LogP contribution in [-0.2, 0) is 0 Å². The van der Waals surface area contributed by atoms with Gasteiger partial charge in [-0.15, -0.1) is 0 Å². The molecule has 0 fully saturated rings. The van der Waals surface area contributed by atoms with Gasteiger partial charge in [-0.25, -0.2) is 15.0 Å². The Morgan fingerprint density at radius 2 is 0.466 bits per heavy atom. The van der Waals surface area contributed by atoms with E-state index in [1.54, 1.807) is 0 Å². The van der Waals surface area contributed by atoms with E-state index < -0.39 is 0 Å². The molecule has 0 aliphatic carbocycles. The maximum atomic E-state index is 5.39. The number of benzene rings is 11. The third-order valence-corrected chi connectivity index (χ3v) is 13.9. The predicted molar refractivity (Wildman–Crippen MR) is 303 cm³/mol. The van der Waals surface area contributed by atoms with Crippen LogP contribution in [0.25, 0.3) is 128 Å². The molecule has 0 saturated heterocycles. The van der Waals surface area contributed by atoms with E-state index in [1.165, 1.54) is 21.9 Å². The van der Waals surface area contributed by atoms with Crippen molar-refractivity contribution in [3.63, 3.8) is 0 Å². The molecule has 0 aliphatic heterocycles. The van der Waals surface area contributed by atoms with Gasteiger partial charge in [-0.3, -0.25) is 0 Å². The van der Waals surface area contributed by atoms with Gasteiger partial charge >= 0.3 is 0 Å². The number of aromatic nitrogens is 4. The second-order valence-electron chi connectivity index (χ2n) is 18.4. The summed E-state index contributed by atoms with van der Waals surface area (Å²) in [7, 11) is 0. The summed E-state index contributed by atoms with van der Waals surface area (Å²) in [5.41, 5.74) is 19.4. The van der Waals surface area contributed by atoms with Crippen molar-refractivity contribution in [2.45, 2.75) is 0 Å². The summed E-state index contributed by atoms with van der Waals surface area (Å²) < 4.78 is 2.50. The highest BCUT2D eigenvalue weighted by atomic mass is 15.0. The summed E-state index contributed by atoms with van der Waals surface area (Å²) in [5, 5.41) is 2.36. The fraction of sp³-hybridized carbons (Fsp3) is 0. The Kier molecular flexibility index (Phi) is 11.2. The van der Waals surface area contributed by atoms with Crippen LogP contribution in [-0.4, -0.2) is 19.5 Å². The monoisotopic (exact) mass is 930 g/mol. The van der Waals surface area contributed by atoms with Gasteiger partial charge in [0.1, 0.15) is 0 Å². The fourth-order valence-electron chi connectivity index (χ4n) is 10.2. The summed E-state index contributed by atoms with van der Waals surface area (Å²) in [6.07, 6.45) is 0. The molecule has 0 saturated carbocycles. The maximum Gasteiger partial charge on any atom is 0.164 e. The molecule has 2 aromatic heterocycles. The molecular formula is C69H46N4. The van der Waals surface area contributed by atoms with Crippen LogP contribution >= 0.6 is 0 Å². The van der Waals surface area contributed by atoms with Crippen LogP contribution in [0.15, 0.2) is 279 Å². The zero-order chi connectivity index (χ0) is 48.5. The minimum Gasteiger partial charge on any atom is -0.308 e. The Bertz CT molecular complexity index is 3800. The van der Waals surface area contributed by atoms with Crippen molar-refractivity contribution >= 4 is 21.8 Å². The third-order valence-electron chi connectivity index (χ3n) is 13.9. The molecule has 2 heterocycles. The van der Waals surface area contributed by atoms with Crippen LogP contribution in [0, 0.1) is 0 Å². The molecule has 13 rings (SSSR count). The van der Waals surface area contributed by atoms with Crippen molar-refractivity contribution in [3.8, 4) is 107 Å². The van der Waals surface area contributed by atoms with Gasteiger partial charge in [0.25, 0.3) is 0 Å². The lowest BCUT2D eigenvalue weighted by Crippen LogP contribution is -2.04. The lowest BCUT2D eigenvalue weighted by Gasteiger charge is -2.21. The highest BCUT2D eigenvalue weighted by Crippen LogP contribution is 2.45. The van der Waals surface area contributed by atoms with Crippen molar-refractivity contribution in [3.05, 3.63) is 279 Å². The van der Waals surface area contributed by atoms with Gasteiger partial charge in [-0.05, 0) is 79.9 Å². The van der Waals surface area contributed by atoms with Crippen molar-refractivity contribution < 1.29 is 0 Å². The Hall–Kier alpha value is -9.77. The number of fused-ring (bicyclic) bond motifs is 3. The maximum absolute atomic E-state index is 5.39. The SMILES string of the molecule is c1ccc(-c2ccc(-c3nc(-c4ccc(-c5ccccc5)cc4)nc(-c4cc(-c5ccccc5)c(-n5c6cc(-c7ccccc7)ccc6c6ccc(-c7ccccc7)cc65)c(-c5ccccc5)c4)n3)cc2)cc1. The Morgan fingerprint density at radius 3 is 0.808 bits per heavy atom. The highest BCUT2D eigenvalue weighted by Gasteiger charge is 2.24. The largest absolute Gasteiger partial charge is 0.308 e. The molecule has 0 aliphatic rings. The third kappa shape index (κ3) is 8.37. The van der Waals surface area contributed by atoms with E-state index in [4.69, 9.17) is 15.0 Å². The summed E-state index contributed by atoms with van der Waals surface area (Å²) in [6.45, 7) is 0. The Balaban J connectivity index is 1.08. The molecule has 342 valence electrons. The van der Waals surface area contributed by atoms with Crippen molar-refractivity contribution in [1.82, 2.24) is 19.5 Å². The van der Waals surface area contributed by atoms with Crippen molar-refractivity contribution in [2.24, 2.45) is 0 Å². The molecule has 0 bridgehead atoms. The highest BCUT2D eigenvalue weighted by molar-refractivity contribution is 6.12. The van der Waals surface area contributed by atoms with E-state index in [1.807, 2.05) is 12.1 Å². The topological polar surface area (TPSA) is 43.6 Å². The molecule has 4 heteroatoms. The molecule has 0 amide bonds. The Morgan fingerprint density at radius 1 is 0.205 bits per heavy atom. The van der Waals surface area contributed by atoms with Crippen LogP contribution in [0.1, 0.15) is 0 Å². The van der Waals surface area contributed by atoms with Crippen LogP contribution in [0.5, 0.6) is 0 Å². The molecule has 4 nitrogen and oxygen atoms in total. The lowest BCUT2D eigenvalue weighted by atomic mass is 9.92. The van der Waals surface area contributed by atoms with E-state index in [9.17, 15) is 0 Å². The first-order chi connectivity index (χ1) is 36.2.